The van der Waals surface area contributed by atoms with Crippen LogP contribution in [0.5, 0.6) is 0 Å². The second-order valence-electron chi connectivity index (χ2n) is 8.90. The van der Waals surface area contributed by atoms with Crippen LogP contribution in [-0.2, 0) is 9.53 Å². The molecule has 0 amide bonds. The Bertz CT molecular complexity index is 352. The van der Waals surface area contributed by atoms with Gasteiger partial charge in [-0.1, -0.05) is 90.9 Å². The van der Waals surface area contributed by atoms with E-state index in [0.29, 0.717) is 0 Å². The van der Waals surface area contributed by atoms with Gasteiger partial charge in [-0.25, -0.2) is 0 Å². The summed E-state index contributed by atoms with van der Waals surface area (Å²) < 4.78 is 6.01. The topological polar surface area (TPSA) is 38.3 Å². The molecule has 1 atom stereocenters. The molecule has 0 aliphatic carbocycles. The summed E-state index contributed by atoms with van der Waals surface area (Å²) >= 11 is 0. The number of hydrogen-bond acceptors (Lipinski definition) is 3. The number of unbranched alkanes of at least 4 members (excludes halogenated alkanes) is 12. The summed E-state index contributed by atoms with van der Waals surface area (Å²) in [6.45, 7) is 6.45. The van der Waals surface area contributed by atoms with Crippen molar-refractivity contribution in [2.75, 3.05) is 13.1 Å². The Hall–Kier alpha value is -0.570. The minimum absolute atomic E-state index is 0.0806. The molecular weight excluding hydrogens is 346 g/mol. The van der Waals surface area contributed by atoms with E-state index in [0.717, 1.165) is 38.8 Å². The number of hydrogen-bond donors (Lipinski definition) is 1. The predicted molar refractivity (Wildman–Crippen MR) is 121 cm³/mol. The summed E-state index contributed by atoms with van der Waals surface area (Å²) in [6.07, 6.45) is 22.7. The van der Waals surface area contributed by atoms with Crippen LogP contribution < -0.4 is 5.32 Å². The molecule has 1 N–H and O–H groups in total. The van der Waals surface area contributed by atoms with Crippen molar-refractivity contribution < 1.29 is 9.53 Å². The van der Waals surface area contributed by atoms with Gasteiger partial charge in [-0.15, -0.1) is 0 Å². The van der Waals surface area contributed by atoms with Gasteiger partial charge >= 0.3 is 5.97 Å². The molecule has 1 aliphatic rings. The van der Waals surface area contributed by atoms with E-state index in [9.17, 15) is 4.79 Å². The average molecular weight is 396 g/mol. The summed E-state index contributed by atoms with van der Waals surface area (Å²) in [5, 5.41) is 3.34. The Labute approximate surface area is 175 Å². The van der Waals surface area contributed by atoms with E-state index < -0.39 is 0 Å². The molecule has 1 fully saturated rings. The molecule has 1 saturated heterocycles. The fraction of sp³-hybridized carbons (Fsp3) is 0.960. The van der Waals surface area contributed by atoms with Gasteiger partial charge in [-0.05, 0) is 51.6 Å². The van der Waals surface area contributed by atoms with Crippen LogP contribution in [0.2, 0.25) is 0 Å². The maximum atomic E-state index is 12.6. The number of esters is 1. The van der Waals surface area contributed by atoms with Crippen molar-refractivity contribution in [2.45, 2.75) is 136 Å². The van der Waals surface area contributed by atoms with Crippen molar-refractivity contribution in [2.24, 2.45) is 5.92 Å². The average Bonchev–Trinajstić information content (AvgIpc) is 2.72. The quantitative estimate of drug-likeness (QED) is 0.197. The number of carbonyl (C=O) groups is 1. The molecule has 0 saturated carbocycles. The van der Waals surface area contributed by atoms with Crippen LogP contribution in [0, 0.1) is 5.92 Å². The van der Waals surface area contributed by atoms with E-state index in [1.54, 1.807) is 0 Å². The van der Waals surface area contributed by atoms with Crippen LogP contribution >= 0.6 is 0 Å². The molecule has 0 aromatic rings. The van der Waals surface area contributed by atoms with E-state index in [1.165, 1.54) is 89.9 Å². The fourth-order valence-electron chi connectivity index (χ4n) is 4.24. The zero-order valence-corrected chi connectivity index (χ0v) is 19.1. The van der Waals surface area contributed by atoms with Gasteiger partial charge in [0.1, 0.15) is 6.10 Å². The Balaban J connectivity index is 2.23. The van der Waals surface area contributed by atoms with E-state index in [-0.39, 0.29) is 18.0 Å². The molecule has 1 unspecified atom stereocenters. The van der Waals surface area contributed by atoms with Crippen molar-refractivity contribution >= 4 is 5.97 Å². The van der Waals surface area contributed by atoms with Crippen LogP contribution in [0.25, 0.3) is 0 Å². The number of piperidine rings is 1. The summed E-state index contributed by atoms with van der Waals surface area (Å²) in [6, 6.07) is 0. The van der Waals surface area contributed by atoms with Gasteiger partial charge in [0.05, 0.1) is 5.92 Å². The van der Waals surface area contributed by atoms with Crippen molar-refractivity contribution in [1.82, 2.24) is 5.32 Å². The summed E-state index contributed by atoms with van der Waals surface area (Å²) in [5.74, 6) is 0.212. The molecule has 3 nitrogen and oxygen atoms in total. The second-order valence-corrected chi connectivity index (χ2v) is 8.90. The number of ether oxygens (including phenoxy) is 1. The maximum Gasteiger partial charge on any atom is 0.309 e. The normalized spacial score (nSPS) is 16.2. The van der Waals surface area contributed by atoms with Crippen molar-refractivity contribution in [1.29, 1.82) is 0 Å². The molecule has 0 aromatic carbocycles. The second kappa shape index (κ2) is 18.5. The highest BCUT2D eigenvalue weighted by molar-refractivity contribution is 5.72. The van der Waals surface area contributed by atoms with Gasteiger partial charge in [0.15, 0.2) is 0 Å². The first-order valence-corrected chi connectivity index (χ1v) is 12.7. The molecular formula is C25H49NO2. The van der Waals surface area contributed by atoms with Crippen LogP contribution in [0.4, 0.5) is 0 Å². The third kappa shape index (κ3) is 13.6. The highest BCUT2D eigenvalue weighted by atomic mass is 16.5. The first-order chi connectivity index (χ1) is 13.8. The highest BCUT2D eigenvalue weighted by Crippen LogP contribution is 2.21. The van der Waals surface area contributed by atoms with E-state index in [2.05, 4.69) is 19.2 Å². The van der Waals surface area contributed by atoms with E-state index in [1.807, 2.05) is 0 Å². The molecule has 28 heavy (non-hydrogen) atoms. The SMILES string of the molecule is CCCCCCCCCCC(CCCCCCCC)OC(=O)C1CCNCC1. The number of carbonyl (C=O) groups excluding carboxylic acids is 1. The summed E-state index contributed by atoms with van der Waals surface area (Å²) in [7, 11) is 0. The van der Waals surface area contributed by atoms with Gasteiger partial charge in [0.2, 0.25) is 0 Å². The molecule has 0 bridgehead atoms. The first kappa shape index (κ1) is 25.5. The highest BCUT2D eigenvalue weighted by Gasteiger charge is 2.24. The lowest BCUT2D eigenvalue weighted by molar-refractivity contribution is -0.155. The molecule has 0 spiro atoms. The van der Waals surface area contributed by atoms with Crippen LogP contribution in [0.3, 0.4) is 0 Å². The van der Waals surface area contributed by atoms with Crippen molar-refractivity contribution in [3.63, 3.8) is 0 Å². The van der Waals surface area contributed by atoms with E-state index >= 15 is 0 Å². The molecule has 1 heterocycles. The molecule has 0 aromatic heterocycles. The lowest BCUT2D eigenvalue weighted by Crippen LogP contribution is -2.34. The Kier molecular flexibility index (Phi) is 16.8. The van der Waals surface area contributed by atoms with Crippen molar-refractivity contribution in [3.8, 4) is 0 Å². The van der Waals surface area contributed by atoms with Gasteiger partial charge in [-0.3, -0.25) is 4.79 Å². The lowest BCUT2D eigenvalue weighted by Gasteiger charge is -2.25. The third-order valence-corrected chi connectivity index (χ3v) is 6.21. The van der Waals surface area contributed by atoms with Crippen LogP contribution in [0.1, 0.15) is 129 Å². The van der Waals surface area contributed by atoms with E-state index in [4.69, 9.17) is 4.74 Å². The predicted octanol–water partition coefficient (Wildman–Crippen LogP) is 7.18. The molecule has 166 valence electrons. The number of rotatable bonds is 18. The zero-order chi connectivity index (χ0) is 20.3. The van der Waals surface area contributed by atoms with Crippen molar-refractivity contribution in [3.05, 3.63) is 0 Å². The van der Waals surface area contributed by atoms with Crippen LogP contribution in [0.15, 0.2) is 0 Å². The molecule has 3 heteroatoms. The minimum atomic E-state index is 0.0806. The van der Waals surface area contributed by atoms with Crippen LogP contribution in [-0.4, -0.2) is 25.2 Å². The maximum absolute atomic E-state index is 12.6. The monoisotopic (exact) mass is 395 g/mol. The van der Waals surface area contributed by atoms with Gasteiger partial charge in [-0.2, -0.15) is 0 Å². The van der Waals surface area contributed by atoms with Gasteiger partial charge in [0, 0.05) is 0 Å². The lowest BCUT2D eigenvalue weighted by atomic mass is 9.97. The first-order valence-electron chi connectivity index (χ1n) is 12.7. The fourth-order valence-corrected chi connectivity index (χ4v) is 4.24. The number of nitrogens with one attached hydrogen (secondary N) is 1. The Morgan fingerprint density at radius 1 is 0.750 bits per heavy atom. The zero-order valence-electron chi connectivity index (χ0n) is 19.1. The minimum Gasteiger partial charge on any atom is -0.462 e. The molecule has 1 rings (SSSR count). The Morgan fingerprint density at radius 2 is 1.18 bits per heavy atom. The molecule has 1 aliphatic heterocycles. The summed E-state index contributed by atoms with van der Waals surface area (Å²) in [4.78, 5) is 12.6. The summed E-state index contributed by atoms with van der Waals surface area (Å²) in [5.41, 5.74) is 0. The van der Waals surface area contributed by atoms with Gasteiger partial charge < -0.3 is 10.1 Å². The standard InChI is InChI=1S/C25H49NO2/c1-3-5-7-9-11-12-14-16-18-24(17-15-13-10-8-6-4-2)28-25(27)23-19-21-26-22-20-23/h23-24,26H,3-22H2,1-2H3. The smallest absolute Gasteiger partial charge is 0.309 e. The third-order valence-electron chi connectivity index (χ3n) is 6.21. The Morgan fingerprint density at radius 3 is 1.64 bits per heavy atom. The largest absolute Gasteiger partial charge is 0.462 e. The van der Waals surface area contributed by atoms with Gasteiger partial charge in [0.25, 0.3) is 0 Å². The molecule has 0 radical (unpaired) electrons.